The summed E-state index contributed by atoms with van der Waals surface area (Å²) in [6, 6.07) is 7.06. The second-order valence-corrected chi connectivity index (χ2v) is 5.20. The van der Waals surface area contributed by atoms with Gasteiger partial charge in [-0.05, 0) is 37.6 Å². The molecule has 2 aromatic rings. The molecule has 0 saturated heterocycles. The van der Waals surface area contributed by atoms with E-state index in [1.54, 1.807) is 24.3 Å². The van der Waals surface area contributed by atoms with Crippen molar-refractivity contribution in [2.24, 2.45) is 4.99 Å². The predicted molar refractivity (Wildman–Crippen MR) is 97.3 cm³/mol. The molecule has 1 aromatic carbocycles. The van der Waals surface area contributed by atoms with Crippen molar-refractivity contribution in [2.45, 2.75) is 26.8 Å². The predicted octanol–water partition coefficient (Wildman–Crippen LogP) is 2.36. The summed E-state index contributed by atoms with van der Waals surface area (Å²) in [5.74, 6) is 0.305. The summed E-state index contributed by atoms with van der Waals surface area (Å²) in [5, 5.41) is 10.4. The van der Waals surface area contributed by atoms with Crippen LogP contribution in [0.1, 0.15) is 25.8 Å². The second-order valence-electron chi connectivity index (χ2n) is 5.20. The molecule has 0 bridgehead atoms. The van der Waals surface area contributed by atoms with Gasteiger partial charge in [0.15, 0.2) is 0 Å². The topological polar surface area (TPSA) is 96.7 Å². The Labute approximate surface area is 144 Å². The van der Waals surface area contributed by atoms with Crippen LogP contribution in [0.25, 0.3) is 0 Å². The number of aromatic hydroxyl groups is 1. The smallest absolute Gasteiger partial charge is 0.331 e. The maximum Gasteiger partial charge on any atom is 0.331 e. The zero-order chi connectivity index (χ0) is 18.4. The van der Waals surface area contributed by atoms with Crippen LogP contribution in [0, 0.1) is 0 Å². The Kier molecular flexibility index (Phi) is 5.94. The molecular formula is C18H21N3O4. The van der Waals surface area contributed by atoms with Gasteiger partial charge in [0.05, 0.1) is 18.0 Å². The summed E-state index contributed by atoms with van der Waals surface area (Å²) in [7, 11) is 0. The van der Waals surface area contributed by atoms with E-state index >= 15 is 0 Å². The largest absolute Gasteiger partial charge is 0.494 e. The number of benzene rings is 1. The van der Waals surface area contributed by atoms with Crippen LogP contribution in [-0.2, 0) is 6.54 Å². The SMILES string of the molecule is C=CCn1c(O)c(C(CC)=Nc2ccc(OCC)cc2)c(=O)[nH]c1=O. The first kappa shape index (κ1) is 18.3. The first-order valence-corrected chi connectivity index (χ1v) is 7.99. The zero-order valence-electron chi connectivity index (χ0n) is 14.3. The Morgan fingerprint density at radius 2 is 2.00 bits per heavy atom. The van der Waals surface area contributed by atoms with E-state index in [2.05, 4.69) is 16.6 Å². The molecule has 7 nitrogen and oxygen atoms in total. The summed E-state index contributed by atoms with van der Waals surface area (Å²) in [4.78, 5) is 30.7. The minimum absolute atomic E-state index is 0.0159. The third kappa shape index (κ3) is 4.06. The van der Waals surface area contributed by atoms with E-state index in [-0.39, 0.29) is 12.1 Å². The molecule has 2 rings (SSSR count). The number of aromatic amines is 1. The van der Waals surface area contributed by atoms with E-state index in [0.717, 1.165) is 10.3 Å². The molecule has 7 heteroatoms. The van der Waals surface area contributed by atoms with Gasteiger partial charge in [0.1, 0.15) is 11.3 Å². The number of hydrogen-bond donors (Lipinski definition) is 2. The number of nitrogens with one attached hydrogen (secondary N) is 1. The molecule has 0 saturated carbocycles. The maximum atomic E-state index is 12.2. The van der Waals surface area contributed by atoms with Crippen molar-refractivity contribution in [3.8, 4) is 11.6 Å². The lowest BCUT2D eigenvalue weighted by Gasteiger charge is -2.11. The maximum absolute atomic E-state index is 12.2. The highest BCUT2D eigenvalue weighted by molar-refractivity contribution is 6.03. The molecule has 25 heavy (non-hydrogen) atoms. The van der Waals surface area contributed by atoms with Gasteiger partial charge in [-0.2, -0.15) is 0 Å². The number of allylic oxidation sites excluding steroid dienone is 1. The number of aromatic nitrogens is 2. The van der Waals surface area contributed by atoms with Crippen molar-refractivity contribution in [2.75, 3.05) is 6.61 Å². The molecule has 1 heterocycles. The van der Waals surface area contributed by atoms with Gasteiger partial charge in [-0.3, -0.25) is 19.3 Å². The molecule has 0 unspecified atom stereocenters. The monoisotopic (exact) mass is 343 g/mol. The summed E-state index contributed by atoms with van der Waals surface area (Å²) in [6.45, 7) is 7.90. The Hall–Kier alpha value is -3.09. The lowest BCUT2D eigenvalue weighted by atomic mass is 10.1. The van der Waals surface area contributed by atoms with Gasteiger partial charge in [-0.25, -0.2) is 4.79 Å². The van der Waals surface area contributed by atoms with Gasteiger partial charge in [0.2, 0.25) is 5.88 Å². The normalized spacial score (nSPS) is 11.4. The molecule has 2 N–H and O–H groups in total. The third-order valence-corrected chi connectivity index (χ3v) is 3.52. The van der Waals surface area contributed by atoms with Gasteiger partial charge >= 0.3 is 5.69 Å². The highest BCUT2D eigenvalue weighted by Gasteiger charge is 2.17. The van der Waals surface area contributed by atoms with Gasteiger partial charge in [0, 0.05) is 6.54 Å². The fraction of sp³-hybridized carbons (Fsp3) is 0.278. The van der Waals surface area contributed by atoms with E-state index in [1.165, 1.54) is 6.08 Å². The van der Waals surface area contributed by atoms with Crippen LogP contribution in [0.2, 0.25) is 0 Å². The Balaban J connectivity index is 2.53. The van der Waals surface area contributed by atoms with Crippen LogP contribution in [0.15, 0.2) is 51.5 Å². The van der Waals surface area contributed by atoms with Gasteiger partial charge in [-0.1, -0.05) is 13.0 Å². The summed E-state index contributed by atoms with van der Waals surface area (Å²) >= 11 is 0. The van der Waals surface area contributed by atoms with E-state index in [9.17, 15) is 14.7 Å². The van der Waals surface area contributed by atoms with Crippen LogP contribution < -0.4 is 16.0 Å². The van der Waals surface area contributed by atoms with Crippen LogP contribution in [0.4, 0.5) is 5.69 Å². The molecule has 0 aliphatic rings. The molecule has 0 atom stereocenters. The second kappa shape index (κ2) is 8.14. The zero-order valence-corrected chi connectivity index (χ0v) is 14.3. The molecule has 0 spiro atoms. The average Bonchev–Trinajstić information content (AvgIpc) is 2.59. The summed E-state index contributed by atoms with van der Waals surface area (Å²) < 4.78 is 6.41. The molecule has 0 fully saturated rings. The fourth-order valence-corrected chi connectivity index (χ4v) is 2.37. The Bertz CT molecular complexity index is 892. The van der Waals surface area contributed by atoms with E-state index in [1.807, 2.05) is 13.8 Å². The van der Waals surface area contributed by atoms with Crippen molar-refractivity contribution in [3.63, 3.8) is 0 Å². The first-order valence-electron chi connectivity index (χ1n) is 7.99. The minimum Gasteiger partial charge on any atom is -0.494 e. The number of H-pyrrole nitrogens is 1. The first-order chi connectivity index (χ1) is 12.0. The van der Waals surface area contributed by atoms with Crippen LogP contribution >= 0.6 is 0 Å². The van der Waals surface area contributed by atoms with E-state index in [4.69, 9.17) is 4.74 Å². The van der Waals surface area contributed by atoms with Crippen molar-refractivity contribution < 1.29 is 9.84 Å². The Morgan fingerprint density at radius 1 is 1.32 bits per heavy atom. The average molecular weight is 343 g/mol. The van der Waals surface area contributed by atoms with E-state index in [0.29, 0.717) is 24.4 Å². The third-order valence-electron chi connectivity index (χ3n) is 3.52. The van der Waals surface area contributed by atoms with Crippen molar-refractivity contribution in [1.29, 1.82) is 0 Å². The standard InChI is InChI=1S/C18H21N3O4/c1-4-11-21-17(23)15(16(22)20-18(21)24)14(5-2)19-12-7-9-13(10-8-12)25-6-3/h4,7-10,23H,1,5-6,11H2,2-3H3,(H,20,22,24). The number of hydrogen-bond acceptors (Lipinski definition) is 5. The lowest BCUT2D eigenvalue weighted by molar-refractivity contribution is 0.340. The molecule has 0 radical (unpaired) electrons. The van der Waals surface area contributed by atoms with E-state index < -0.39 is 17.1 Å². The molecule has 132 valence electrons. The molecule has 0 amide bonds. The highest BCUT2D eigenvalue weighted by atomic mass is 16.5. The van der Waals surface area contributed by atoms with Crippen molar-refractivity contribution >= 4 is 11.4 Å². The molecule has 0 aliphatic heterocycles. The number of ether oxygens (including phenoxy) is 1. The molecule has 1 aromatic heterocycles. The van der Waals surface area contributed by atoms with Crippen LogP contribution in [0.5, 0.6) is 11.6 Å². The number of rotatable bonds is 7. The van der Waals surface area contributed by atoms with Crippen molar-refractivity contribution in [3.05, 3.63) is 63.3 Å². The molecule has 0 aliphatic carbocycles. The van der Waals surface area contributed by atoms with Gasteiger partial charge in [-0.15, -0.1) is 6.58 Å². The number of nitrogens with zero attached hydrogens (tertiary/aromatic N) is 2. The highest BCUT2D eigenvalue weighted by Crippen LogP contribution is 2.21. The van der Waals surface area contributed by atoms with Crippen molar-refractivity contribution in [1.82, 2.24) is 9.55 Å². The summed E-state index contributed by atoms with van der Waals surface area (Å²) in [6.07, 6.45) is 1.86. The van der Waals surface area contributed by atoms with Gasteiger partial charge in [0.25, 0.3) is 5.56 Å². The molecular weight excluding hydrogens is 322 g/mol. The summed E-state index contributed by atoms with van der Waals surface area (Å²) in [5.41, 5.74) is -0.392. The van der Waals surface area contributed by atoms with Crippen LogP contribution in [-0.4, -0.2) is 27.0 Å². The lowest BCUT2D eigenvalue weighted by Crippen LogP contribution is -2.33. The van der Waals surface area contributed by atoms with Crippen LogP contribution in [0.3, 0.4) is 0 Å². The Morgan fingerprint density at radius 3 is 2.56 bits per heavy atom. The number of aliphatic imine (C=N–C) groups is 1. The fourth-order valence-electron chi connectivity index (χ4n) is 2.37. The van der Waals surface area contributed by atoms with Gasteiger partial charge < -0.3 is 9.84 Å². The quantitative estimate of drug-likeness (QED) is 0.596. The minimum atomic E-state index is -0.692.